The van der Waals surface area contributed by atoms with Gasteiger partial charge >= 0.3 is 6.09 Å². The maximum atomic E-state index is 13.8. The minimum atomic E-state index is -0.570. The summed E-state index contributed by atoms with van der Waals surface area (Å²) in [5.74, 6) is -0.136. The Bertz CT molecular complexity index is 1720. The lowest BCUT2D eigenvalue weighted by Crippen LogP contribution is -2.62. The van der Waals surface area contributed by atoms with Crippen LogP contribution in [-0.4, -0.2) is 68.4 Å². The average molecular weight is 672 g/mol. The number of thiazole rings is 1. The molecule has 3 amide bonds. The van der Waals surface area contributed by atoms with E-state index in [0.29, 0.717) is 48.6 Å². The third kappa shape index (κ3) is 8.49. The van der Waals surface area contributed by atoms with E-state index in [2.05, 4.69) is 34.3 Å². The van der Waals surface area contributed by atoms with Gasteiger partial charge in [0, 0.05) is 52.9 Å². The van der Waals surface area contributed by atoms with Gasteiger partial charge in [0.15, 0.2) is 0 Å². The van der Waals surface area contributed by atoms with Crippen molar-refractivity contribution in [3.05, 3.63) is 93.8 Å². The number of carbonyl (C=O) groups is 3. The molecular formula is C37H45N5O5S. The molecule has 0 aliphatic carbocycles. The SMILES string of the molecule is Cc1ccccc1.Cc1csc(C2CCCN2C(=O)c2cc(C(=O)NCCC3(C)CCN3C(=O)OC(C)(C)C)cc(-c3ncco3)c2)n1. The van der Waals surface area contributed by atoms with Gasteiger partial charge < -0.3 is 24.3 Å². The molecule has 2 fully saturated rings. The Kier molecular flexibility index (Phi) is 10.7. The van der Waals surface area contributed by atoms with Crippen molar-refractivity contribution in [2.75, 3.05) is 19.6 Å². The fourth-order valence-corrected chi connectivity index (χ4v) is 6.85. The minimum Gasteiger partial charge on any atom is -0.445 e. The number of nitrogens with zero attached hydrogens (tertiary/aromatic N) is 4. The van der Waals surface area contributed by atoms with Gasteiger partial charge in [-0.2, -0.15) is 0 Å². The Morgan fingerprint density at radius 2 is 1.83 bits per heavy atom. The van der Waals surface area contributed by atoms with Crippen LogP contribution in [0.15, 0.2) is 70.8 Å². The molecule has 0 spiro atoms. The van der Waals surface area contributed by atoms with Gasteiger partial charge in [-0.25, -0.2) is 14.8 Å². The quantitative estimate of drug-likeness (QED) is 0.215. The van der Waals surface area contributed by atoms with Crippen molar-refractivity contribution in [1.82, 2.24) is 25.1 Å². The third-order valence-electron chi connectivity index (χ3n) is 8.59. The number of carbonyl (C=O) groups excluding carboxylic acids is 3. The van der Waals surface area contributed by atoms with Gasteiger partial charge in [-0.3, -0.25) is 9.59 Å². The van der Waals surface area contributed by atoms with Crippen LogP contribution >= 0.6 is 11.3 Å². The lowest BCUT2D eigenvalue weighted by molar-refractivity contribution is -0.0400. The fourth-order valence-electron chi connectivity index (χ4n) is 5.90. The fraction of sp³-hybridized carbons (Fsp3) is 0.432. The predicted octanol–water partition coefficient (Wildman–Crippen LogP) is 7.60. The number of hydrogen-bond donors (Lipinski definition) is 1. The van der Waals surface area contributed by atoms with Crippen molar-refractivity contribution in [2.45, 2.75) is 84.4 Å². The second-order valence-corrected chi connectivity index (χ2v) is 14.5. The van der Waals surface area contributed by atoms with E-state index in [0.717, 1.165) is 30.0 Å². The first kappa shape index (κ1) is 34.8. The van der Waals surface area contributed by atoms with Gasteiger partial charge in [0.25, 0.3) is 11.8 Å². The van der Waals surface area contributed by atoms with Crippen LogP contribution in [-0.2, 0) is 4.74 Å². The van der Waals surface area contributed by atoms with Gasteiger partial charge in [-0.15, -0.1) is 11.3 Å². The molecule has 4 aromatic rings. The van der Waals surface area contributed by atoms with Crippen molar-refractivity contribution in [1.29, 1.82) is 0 Å². The molecule has 0 saturated carbocycles. The molecule has 0 radical (unpaired) electrons. The molecule has 48 heavy (non-hydrogen) atoms. The zero-order chi connectivity index (χ0) is 34.5. The Hall–Kier alpha value is -4.51. The molecule has 254 valence electrons. The molecule has 2 atom stereocenters. The van der Waals surface area contributed by atoms with Crippen molar-refractivity contribution in [2.24, 2.45) is 0 Å². The molecule has 0 bridgehead atoms. The van der Waals surface area contributed by atoms with Crippen LogP contribution in [0.2, 0.25) is 0 Å². The largest absolute Gasteiger partial charge is 0.445 e. The van der Waals surface area contributed by atoms with E-state index in [4.69, 9.17) is 9.15 Å². The first-order valence-corrected chi connectivity index (χ1v) is 17.3. The number of amides is 3. The average Bonchev–Trinajstić information content (AvgIpc) is 3.82. The van der Waals surface area contributed by atoms with E-state index in [1.165, 1.54) is 18.0 Å². The number of aryl methyl sites for hydroxylation is 2. The van der Waals surface area contributed by atoms with Gasteiger partial charge in [-0.05, 0) is 85.4 Å². The summed E-state index contributed by atoms with van der Waals surface area (Å²) in [6.07, 6.45) is 5.79. The lowest BCUT2D eigenvalue weighted by atomic mass is 9.84. The Morgan fingerprint density at radius 3 is 2.42 bits per heavy atom. The Labute approximate surface area is 286 Å². The molecule has 4 heterocycles. The van der Waals surface area contributed by atoms with Crippen molar-refractivity contribution < 1.29 is 23.5 Å². The number of hydrogen-bond acceptors (Lipinski definition) is 8. The second-order valence-electron chi connectivity index (χ2n) is 13.7. The van der Waals surface area contributed by atoms with Crippen LogP contribution in [0.25, 0.3) is 11.5 Å². The van der Waals surface area contributed by atoms with Crippen molar-refractivity contribution in [3.8, 4) is 11.5 Å². The van der Waals surface area contributed by atoms with Gasteiger partial charge in [-0.1, -0.05) is 35.9 Å². The van der Waals surface area contributed by atoms with Crippen LogP contribution in [0.5, 0.6) is 0 Å². The van der Waals surface area contributed by atoms with E-state index < -0.39 is 11.1 Å². The molecule has 2 aromatic heterocycles. The Balaban J connectivity index is 0.000000572. The monoisotopic (exact) mass is 671 g/mol. The van der Waals surface area contributed by atoms with Crippen LogP contribution in [0.4, 0.5) is 4.79 Å². The summed E-state index contributed by atoms with van der Waals surface area (Å²) >= 11 is 1.57. The zero-order valence-electron chi connectivity index (χ0n) is 28.6. The molecule has 2 saturated heterocycles. The highest BCUT2D eigenvalue weighted by molar-refractivity contribution is 7.09. The van der Waals surface area contributed by atoms with Crippen LogP contribution in [0.3, 0.4) is 0 Å². The van der Waals surface area contributed by atoms with Gasteiger partial charge in [0.05, 0.1) is 12.2 Å². The summed E-state index contributed by atoms with van der Waals surface area (Å²) in [5.41, 5.74) is 2.59. The Morgan fingerprint density at radius 1 is 1.08 bits per heavy atom. The lowest BCUT2D eigenvalue weighted by Gasteiger charge is -2.50. The molecule has 1 N–H and O–H groups in total. The van der Waals surface area contributed by atoms with E-state index in [-0.39, 0.29) is 23.9 Å². The number of oxazole rings is 1. The summed E-state index contributed by atoms with van der Waals surface area (Å²) in [5, 5.41) is 5.90. The smallest absolute Gasteiger partial charge is 0.410 e. The molecular weight excluding hydrogens is 627 g/mol. The third-order valence-corrected chi connectivity index (χ3v) is 9.65. The first-order chi connectivity index (χ1) is 22.8. The highest BCUT2D eigenvalue weighted by atomic mass is 32.1. The number of benzene rings is 2. The number of nitrogens with one attached hydrogen (secondary N) is 1. The summed E-state index contributed by atoms with van der Waals surface area (Å²) in [6, 6.07) is 15.2. The highest BCUT2D eigenvalue weighted by Gasteiger charge is 2.45. The van der Waals surface area contributed by atoms with E-state index in [1.807, 2.05) is 63.1 Å². The molecule has 6 rings (SSSR count). The molecule has 2 unspecified atom stereocenters. The van der Waals surface area contributed by atoms with Crippen molar-refractivity contribution >= 4 is 29.2 Å². The van der Waals surface area contributed by atoms with Crippen LogP contribution in [0, 0.1) is 13.8 Å². The zero-order valence-corrected chi connectivity index (χ0v) is 29.4. The minimum absolute atomic E-state index is 0.0833. The van der Waals surface area contributed by atoms with Crippen molar-refractivity contribution in [3.63, 3.8) is 0 Å². The molecule has 11 heteroatoms. The maximum absolute atomic E-state index is 13.8. The molecule has 2 aliphatic rings. The number of rotatable bonds is 7. The van der Waals surface area contributed by atoms with Crippen LogP contribution < -0.4 is 5.32 Å². The first-order valence-electron chi connectivity index (χ1n) is 16.4. The standard InChI is InChI=1S/C30H37N5O5S.C7H8/c1-19-18-41-26(33-19)23-7-6-12-34(23)27(37)22-16-20(15-21(17-22)25-32-11-14-39-25)24(36)31-10-8-30(5)9-13-35(30)28(38)40-29(2,3)4;1-7-5-3-2-4-6-7/h11,14-18,23H,6-10,12-13H2,1-5H3,(H,31,36);2-6H,1H3. The van der Waals surface area contributed by atoms with Gasteiger partial charge in [0.2, 0.25) is 5.89 Å². The summed E-state index contributed by atoms with van der Waals surface area (Å²) in [4.78, 5) is 52.2. The summed E-state index contributed by atoms with van der Waals surface area (Å²) < 4.78 is 11.0. The summed E-state index contributed by atoms with van der Waals surface area (Å²) in [7, 11) is 0. The number of likely N-dealkylation sites (tertiary alicyclic amines) is 2. The second kappa shape index (κ2) is 14.7. The van der Waals surface area contributed by atoms with E-state index in [1.54, 1.807) is 34.4 Å². The van der Waals surface area contributed by atoms with Gasteiger partial charge in [0.1, 0.15) is 16.9 Å². The van der Waals surface area contributed by atoms with Crippen LogP contribution in [0.1, 0.15) is 96.4 Å². The number of ether oxygens (including phenoxy) is 1. The molecule has 2 aromatic carbocycles. The summed E-state index contributed by atoms with van der Waals surface area (Å²) in [6.45, 7) is 13.2. The topological polar surface area (TPSA) is 118 Å². The normalized spacial score (nSPS) is 18.8. The predicted molar refractivity (Wildman–Crippen MR) is 186 cm³/mol. The molecule has 10 nitrogen and oxygen atoms in total. The maximum Gasteiger partial charge on any atom is 0.410 e. The van der Waals surface area contributed by atoms with E-state index >= 15 is 0 Å². The van der Waals surface area contributed by atoms with E-state index in [9.17, 15) is 14.4 Å². The highest BCUT2D eigenvalue weighted by Crippen LogP contribution is 2.36. The molecule has 2 aliphatic heterocycles. The number of aromatic nitrogens is 2.